The number of nitrogens with one attached hydrogen (secondary N) is 1. The number of aliphatic imine (C=N–C) groups is 1. The molecule has 2 rings (SSSR count). The Kier molecular flexibility index (Phi) is 7.70. The molecule has 0 saturated heterocycles. The molecule has 0 fully saturated rings. The number of rotatable bonds is 4. The summed E-state index contributed by atoms with van der Waals surface area (Å²) in [5.41, 5.74) is 10.3. The Labute approximate surface area is 157 Å². The van der Waals surface area contributed by atoms with Crippen molar-refractivity contribution in [2.75, 3.05) is 11.6 Å². The molecule has 0 saturated carbocycles. The number of hydrogen-bond acceptors (Lipinski definition) is 2. The number of aryl methyl sites for hydroxylation is 2. The molecule has 3 N–H and O–H groups in total. The smallest absolute Gasteiger partial charge is 0.193 e. The van der Waals surface area contributed by atoms with Crippen LogP contribution in [0.4, 0.5) is 5.69 Å². The van der Waals surface area contributed by atoms with Crippen molar-refractivity contribution in [3.05, 3.63) is 59.2 Å². The molecule has 1 unspecified atom stereocenters. The van der Waals surface area contributed by atoms with Crippen LogP contribution in [0.15, 0.2) is 52.4 Å². The van der Waals surface area contributed by atoms with Crippen molar-refractivity contribution < 1.29 is 4.21 Å². The van der Waals surface area contributed by atoms with Gasteiger partial charge in [-0.05, 0) is 54.8 Å². The van der Waals surface area contributed by atoms with Crippen LogP contribution in [0.5, 0.6) is 0 Å². The summed E-state index contributed by atoms with van der Waals surface area (Å²) in [7, 11) is -0.954. The van der Waals surface area contributed by atoms with Crippen molar-refractivity contribution in [2.24, 2.45) is 10.7 Å². The van der Waals surface area contributed by atoms with Crippen LogP contribution >= 0.6 is 24.0 Å². The SMILES string of the molecule is Cc1ccc(NC(N)=NCc2ccc(S(C)=O)cc2)cc1C.I. The lowest BCUT2D eigenvalue weighted by Crippen LogP contribution is -2.22. The van der Waals surface area contributed by atoms with E-state index in [0.29, 0.717) is 12.5 Å². The molecule has 0 spiro atoms. The van der Waals surface area contributed by atoms with Gasteiger partial charge in [-0.2, -0.15) is 0 Å². The van der Waals surface area contributed by atoms with Crippen LogP contribution in [0.2, 0.25) is 0 Å². The second kappa shape index (κ2) is 9.02. The zero-order valence-corrected chi connectivity index (χ0v) is 16.6. The summed E-state index contributed by atoms with van der Waals surface area (Å²) in [6, 6.07) is 13.6. The first-order valence-corrected chi connectivity index (χ1v) is 8.58. The molecule has 0 amide bonds. The Morgan fingerprint density at radius 3 is 2.35 bits per heavy atom. The number of nitrogens with zero attached hydrogens (tertiary/aromatic N) is 1. The summed E-state index contributed by atoms with van der Waals surface area (Å²) in [4.78, 5) is 5.14. The van der Waals surface area contributed by atoms with E-state index in [1.54, 1.807) is 6.26 Å². The number of halogens is 1. The lowest BCUT2D eigenvalue weighted by atomic mass is 10.1. The third kappa shape index (κ3) is 5.95. The van der Waals surface area contributed by atoms with E-state index in [1.165, 1.54) is 11.1 Å². The van der Waals surface area contributed by atoms with Gasteiger partial charge in [0.2, 0.25) is 0 Å². The summed E-state index contributed by atoms with van der Waals surface area (Å²) in [6.07, 6.45) is 1.67. The van der Waals surface area contributed by atoms with Crippen molar-refractivity contribution >= 4 is 46.4 Å². The van der Waals surface area contributed by atoms with Gasteiger partial charge in [-0.1, -0.05) is 18.2 Å². The number of anilines is 1. The molecule has 1 atom stereocenters. The molecule has 0 heterocycles. The molecular formula is C17H22IN3OS. The van der Waals surface area contributed by atoms with Crippen molar-refractivity contribution in [1.29, 1.82) is 0 Å². The third-order valence-electron chi connectivity index (χ3n) is 3.47. The van der Waals surface area contributed by atoms with E-state index in [9.17, 15) is 4.21 Å². The van der Waals surface area contributed by atoms with E-state index in [4.69, 9.17) is 5.73 Å². The van der Waals surface area contributed by atoms with E-state index in [2.05, 4.69) is 30.2 Å². The average molecular weight is 443 g/mol. The van der Waals surface area contributed by atoms with Gasteiger partial charge in [0.15, 0.2) is 5.96 Å². The van der Waals surface area contributed by atoms with E-state index >= 15 is 0 Å². The molecular weight excluding hydrogens is 421 g/mol. The molecule has 0 aliphatic heterocycles. The van der Waals surface area contributed by atoms with Crippen LogP contribution < -0.4 is 11.1 Å². The summed E-state index contributed by atoms with van der Waals surface area (Å²) in [5, 5.41) is 3.09. The predicted octanol–water partition coefficient (Wildman–Crippen LogP) is 3.59. The van der Waals surface area contributed by atoms with E-state index < -0.39 is 10.8 Å². The van der Waals surface area contributed by atoms with E-state index in [0.717, 1.165) is 16.1 Å². The summed E-state index contributed by atoms with van der Waals surface area (Å²) < 4.78 is 11.3. The van der Waals surface area contributed by atoms with Crippen LogP contribution in [0.25, 0.3) is 0 Å². The van der Waals surface area contributed by atoms with Crippen molar-refractivity contribution in [2.45, 2.75) is 25.3 Å². The van der Waals surface area contributed by atoms with Crippen LogP contribution in [0.3, 0.4) is 0 Å². The third-order valence-corrected chi connectivity index (χ3v) is 4.40. The fourth-order valence-corrected chi connectivity index (χ4v) is 2.49. The first-order chi connectivity index (χ1) is 10.5. The first-order valence-electron chi connectivity index (χ1n) is 7.02. The number of hydrogen-bond donors (Lipinski definition) is 2. The lowest BCUT2D eigenvalue weighted by Gasteiger charge is -2.08. The Hall–Kier alpha value is -1.41. The zero-order valence-electron chi connectivity index (χ0n) is 13.5. The van der Waals surface area contributed by atoms with Crippen molar-refractivity contribution in [3.63, 3.8) is 0 Å². The standard InChI is InChI=1S/C17H21N3OS.HI/c1-12-4-7-15(10-13(12)2)20-17(18)19-11-14-5-8-16(9-6-14)22(3)21;/h4-10H,11H2,1-3H3,(H3,18,19,20);1H. The lowest BCUT2D eigenvalue weighted by molar-refractivity contribution is 0.687. The van der Waals surface area contributed by atoms with Crippen LogP contribution in [-0.4, -0.2) is 16.4 Å². The fraction of sp³-hybridized carbons (Fsp3) is 0.235. The maximum Gasteiger partial charge on any atom is 0.193 e. The van der Waals surface area contributed by atoms with Crippen LogP contribution in [0.1, 0.15) is 16.7 Å². The van der Waals surface area contributed by atoms with E-state index in [-0.39, 0.29) is 24.0 Å². The van der Waals surface area contributed by atoms with Crippen molar-refractivity contribution in [3.8, 4) is 0 Å². The highest BCUT2D eigenvalue weighted by Crippen LogP contribution is 2.14. The highest BCUT2D eigenvalue weighted by Gasteiger charge is 2.00. The number of nitrogens with two attached hydrogens (primary N) is 1. The molecule has 2 aromatic rings. The van der Waals surface area contributed by atoms with Gasteiger partial charge in [-0.3, -0.25) is 4.21 Å². The zero-order chi connectivity index (χ0) is 16.1. The second-order valence-electron chi connectivity index (χ2n) is 5.22. The summed E-state index contributed by atoms with van der Waals surface area (Å²) >= 11 is 0. The van der Waals surface area contributed by atoms with Gasteiger partial charge in [-0.25, -0.2) is 4.99 Å². The van der Waals surface area contributed by atoms with Crippen LogP contribution in [0, 0.1) is 13.8 Å². The fourth-order valence-electron chi connectivity index (χ4n) is 1.97. The van der Waals surface area contributed by atoms with Gasteiger partial charge in [-0.15, -0.1) is 24.0 Å². The monoisotopic (exact) mass is 443 g/mol. The molecule has 0 aliphatic carbocycles. The van der Waals surface area contributed by atoms with Gasteiger partial charge in [0.05, 0.1) is 6.54 Å². The topological polar surface area (TPSA) is 67.5 Å². The van der Waals surface area contributed by atoms with Gasteiger partial charge in [0, 0.05) is 27.6 Å². The van der Waals surface area contributed by atoms with Gasteiger partial charge >= 0.3 is 0 Å². The molecule has 0 bridgehead atoms. The maximum absolute atomic E-state index is 11.3. The molecule has 6 heteroatoms. The Balaban J connectivity index is 0.00000264. The predicted molar refractivity (Wildman–Crippen MR) is 109 cm³/mol. The van der Waals surface area contributed by atoms with E-state index in [1.807, 2.05) is 36.4 Å². The van der Waals surface area contributed by atoms with Gasteiger partial charge in [0.1, 0.15) is 0 Å². The molecule has 2 aromatic carbocycles. The van der Waals surface area contributed by atoms with Gasteiger partial charge in [0.25, 0.3) is 0 Å². The summed E-state index contributed by atoms with van der Waals surface area (Å²) in [5.74, 6) is 0.381. The highest BCUT2D eigenvalue weighted by atomic mass is 127. The Morgan fingerprint density at radius 1 is 1.13 bits per heavy atom. The second-order valence-corrected chi connectivity index (χ2v) is 6.60. The maximum atomic E-state index is 11.3. The highest BCUT2D eigenvalue weighted by molar-refractivity contribution is 14.0. The molecule has 23 heavy (non-hydrogen) atoms. The van der Waals surface area contributed by atoms with Crippen LogP contribution in [-0.2, 0) is 17.3 Å². The average Bonchev–Trinajstić information content (AvgIpc) is 2.49. The van der Waals surface area contributed by atoms with Gasteiger partial charge < -0.3 is 11.1 Å². The van der Waals surface area contributed by atoms with Crippen molar-refractivity contribution in [1.82, 2.24) is 0 Å². The number of benzene rings is 2. The minimum Gasteiger partial charge on any atom is -0.370 e. The number of guanidine groups is 1. The minimum atomic E-state index is -0.954. The molecule has 0 radical (unpaired) electrons. The molecule has 4 nitrogen and oxygen atoms in total. The minimum absolute atomic E-state index is 0. The first kappa shape index (κ1) is 19.6. The summed E-state index contributed by atoms with van der Waals surface area (Å²) in [6.45, 7) is 4.62. The normalized spacial score (nSPS) is 12.4. The quantitative estimate of drug-likeness (QED) is 0.431. The Morgan fingerprint density at radius 2 is 1.78 bits per heavy atom. The largest absolute Gasteiger partial charge is 0.370 e. The molecule has 0 aliphatic rings. The molecule has 0 aromatic heterocycles. The molecule has 124 valence electrons. The Bertz CT molecular complexity index is 714.